The minimum absolute atomic E-state index is 0.0647. The summed E-state index contributed by atoms with van der Waals surface area (Å²) >= 11 is 0. The van der Waals surface area contributed by atoms with Gasteiger partial charge in [0.2, 0.25) is 10.0 Å². The predicted molar refractivity (Wildman–Crippen MR) is 116 cm³/mol. The average Bonchev–Trinajstić information content (AvgIpc) is 2.73. The van der Waals surface area contributed by atoms with E-state index in [1.807, 2.05) is 6.92 Å². The molecule has 1 N–H and O–H groups in total. The number of rotatable bonds is 5. The molecule has 160 valence electrons. The van der Waals surface area contributed by atoms with Crippen LogP contribution in [0.4, 0.5) is 5.69 Å². The second-order valence-electron chi connectivity index (χ2n) is 7.69. The van der Waals surface area contributed by atoms with Crippen LogP contribution in [0.1, 0.15) is 46.9 Å². The maximum absolute atomic E-state index is 13.1. The summed E-state index contributed by atoms with van der Waals surface area (Å²) in [6.07, 6.45) is 2.68. The molecule has 2 aromatic carbocycles. The normalized spacial score (nSPS) is 17.4. The number of piperidine rings is 1. The van der Waals surface area contributed by atoms with Gasteiger partial charge < -0.3 is 10.2 Å². The Balaban J connectivity index is 1.87. The standard InChI is InChI=1S/C22H27N3O4S/c1-16-9-6-7-14-25(16)30(28,29)18-11-8-10-17(15-18)21(26)23-20-13-5-4-12-19(20)22(27)24(2)3/h4-5,8,10-13,15-16H,6-7,9,14H2,1-3H3,(H,23,26). The third kappa shape index (κ3) is 4.55. The van der Waals surface area contributed by atoms with E-state index in [1.54, 1.807) is 50.5 Å². The molecule has 1 atom stereocenters. The molecule has 1 unspecified atom stereocenters. The van der Waals surface area contributed by atoms with E-state index in [-0.39, 0.29) is 22.4 Å². The van der Waals surface area contributed by atoms with E-state index in [2.05, 4.69) is 5.32 Å². The van der Waals surface area contributed by atoms with Crippen LogP contribution >= 0.6 is 0 Å². The molecule has 1 fully saturated rings. The molecule has 0 saturated carbocycles. The number of hydrogen-bond donors (Lipinski definition) is 1. The fraction of sp³-hybridized carbons (Fsp3) is 0.364. The molecular formula is C22H27N3O4S. The molecule has 0 aliphatic carbocycles. The minimum Gasteiger partial charge on any atom is -0.345 e. The van der Waals surface area contributed by atoms with Crippen LogP contribution in [0.2, 0.25) is 0 Å². The van der Waals surface area contributed by atoms with E-state index < -0.39 is 15.9 Å². The quantitative estimate of drug-likeness (QED) is 0.791. The second kappa shape index (κ2) is 8.97. The molecular weight excluding hydrogens is 402 g/mol. The van der Waals surface area contributed by atoms with Crippen molar-refractivity contribution >= 4 is 27.5 Å². The number of anilines is 1. The fourth-order valence-electron chi connectivity index (χ4n) is 3.58. The number of carbonyl (C=O) groups is 2. The van der Waals surface area contributed by atoms with Crippen molar-refractivity contribution in [1.82, 2.24) is 9.21 Å². The van der Waals surface area contributed by atoms with Crippen LogP contribution in [0.15, 0.2) is 53.4 Å². The Kier molecular flexibility index (Phi) is 6.58. The van der Waals surface area contributed by atoms with Crippen LogP contribution in [0, 0.1) is 0 Å². The maximum atomic E-state index is 13.1. The Labute approximate surface area is 177 Å². The average molecular weight is 430 g/mol. The molecule has 1 heterocycles. The first-order valence-electron chi connectivity index (χ1n) is 9.96. The van der Waals surface area contributed by atoms with Gasteiger partial charge in [-0.25, -0.2) is 8.42 Å². The molecule has 1 aliphatic rings. The molecule has 2 aromatic rings. The van der Waals surface area contributed by atoms with Gasteiger partial charge in [0.1, 0.15) is 0 Å². The number of benzene rings is 2. The van der Waals surface area contributed by atoms with E-state index in [1.165, 1.54) is 21.3 Å². The highest BCUT2D eigenvalue weighted by Crippen LogP contribution is 2.26. The maximum Gasteiger partial charge on any atom is 0.255 e. The summed E-state index contributed by atoms with van der Waals surface area (Å²) in [5, 5.41) is 2.73. The number of nitrogens with one attached hydrogen (secondary N) is 1. The number of carbonyl (C=O) groups excluding carboxylic acids is 2. The van der Waals surface area contributed by atoms with Gasteiger partial charge in [0.25, 0.3) is 11.8 Å². The smallest absolute Gasteiger partial charge is 0.255 e. The molecule has 8 heteroatoms. The van der Waals surface area contributed by atoms with E-state index in [0.29, 0.717) is 17.8 Å². The van der Waals surface area contributed by atoms with E-state index in [9.17, 15) is 18.0 Å². The predicted octanol–water partition coefficient (Wildman–Crippen LogP) is 3.20. The van der Waals surface area contributed by atoms with Crippen LogP contribution in [0.5, 0.6) is 0 Å². The first-order valence-corrected chi connectivity index (χ1v) is 11.4. The Morgan fingerprint density at radius 1 is 1.07 bits per heavy atom. The third-order valence-electron chi connectivity index (χ3n) is 5.26. The molecule has 2 amide bonds. The van der Waals surface area contributed by atoms with Crippen LogP contribution in [0.25, 0.3) is 0 Å². The van der Waals surface area contributed by atoms with Crippen LogP contribution < -0.4 is 5.32 Å². The molecule has 0 radical (unpaired) electrons. The lowest BCUT2D eigenvalue weighted by Gasteiger charge is -2.32. The van der Waals surface area contributed by atoms with Crippen molar-refractivity contribution in [2.75, 3.05) is 26.0 Å². The molecule has 7 nitrogen and oxygen atoms in total. The largest absolute Gasteiger partial charge is 0.345 e. The fourth-order valence-corrected chi connectivity index (χ4v) is 5.32. The highest BCUT2D eigenvalue weighted by molar-refractivity contribution is 7.89. The number of amides is 2. The van der Waals surface area contributed by atoms with Crippen molar-refractivity contribution < 1.29 is 18.0 Å². The summed E-state index contributed by atoms with van der Waals surface area (Å²) in [5.74, 6) is -0.709. The molecule has 0 spiro atoms. The third-order valence-corrected chi connectivity index (χ3v) is 7.27. The topological polar surface area (TPSA) is 86.8 Å². The molecule has 3 rings (SSSR count). The zero-order chi connectivity index (χ0) is 21.9. The Hall–Kier alpha value is -2.71. The second-order valence-corrected chi connectivity index (χ2v) is 9.58. The van der Waals surface area contributed by atoms with Crippen LogP contribution in [-0.4, -0.2) is 56.1 Å². The van der Waals surface area contributed by atoms with Gasteiger partial charge in [-0.05, 0) is 50.1 Å². The zero-order valence-corrected chi connectivity index (χ0v) is 18.3. The number of nitrogens with zero attached hydrogens (tertiary/aromatic N) is 2. The van der Waals surface area contributed by atoms with Gasteiger partial charge in [-0.15, -0.1) is 0 Å². The highest BCUT2D eigenvalue weighted by atomic mass is 32.2. The van der Waals surface area contributed by atoms with Crippen LogP contribution in [-0.2, 0) is 10.0 Å². The molecule has 0 aromatic heterocycles. The van der Waals surface area contributed by atoms with Gasteiger partial charge >= 0.3 is 0 Å². The lowest BCUT2D eigenvalue weighted by Crippen LogP contribution is -2.41. The summed E-state index contributed by atoms with van der Waals surface area (Å²) in [5.41, 5.74) is 0.953. The van der Waals surface area contributed by atoms with Gasteiger partial charge in [0.05, 0.1) is 16.1 Å². The van der Waals surface area contributed by atoms with Crippen molar-refractivity contribution in [1.29, 1.82) is 0 Å². The van der Waals surface area contributed by atoms with Gasteiger partial charge in [0, 0.05) is 32.2 Å². The lowest BCUT2D eigenvalue weighted by molar-refractivity contribution is 0.0828. The summed E-state index contributed by atoms with van der Waals surface area (Å²) in [6, 6.07) is 12.7. The molecule has 30 heavy (non-hydrogen) atoms. The Morgan fingerprint density at radius 3 is 2.50 bits per heavy atom. The lowest BCUT2D eigenvalue weighted by atomic mass is 10.1. The Morgan fingerprint density at radius 2 is 1.80 bits per heavy atom. The number of sulfonamides is 1. The first kappa shape index (κ1) is 22.0. The number of hydrogen-bond acceptors (Lipinski definition) is 4. The monoisotopic (exact) mass is 429 g/mol. The molecule has 0 bridgehead atoms. The van der Waals surface area contributed by atoms with Crippen molar-refractivity contribution in [2.24, 2.45) is 0 Å². The van der Waals surface area contributed by atoms with Gasteiger partial charge in [0.15, 0.2) is 0 Å². The summed E-state index contributed by atoms with van der Waals surface area (Å²) < 4.78 is 27.7. The Bertz CT molecular complexity index is 1050. The van der Waals surface area contributed by atoms with Crippen LogP contribution in [0.3, 0.4) is 0 Å². The van der Waals surface area contributed by atoms with Gasteiger partial charge in [-0.1, -0.05) is 24.6 Å². The number of para-hydroxylation sites is 1. The zero-order valence-electron chi connectivity index (χ0n) is 17.5. The molecule has 1 aliphatic heterocycles. The van der Waals surface area contributed by atoms with Crippen molar-refractivity contribution in [3.8, 4) is 0 Å². The SMILES string of the molecule is CC1CCCCN1S(=O)(=O)c1cccc(C(=O)Nc2ccccc2C(=O)N(C)C)c1. The van der Waals surface area contributed by atoms with Gasteiger partial charge in [-0.3, -0.25) is 9.59 Å². The van der Waals surface area contributed by atoms with E-state index >= 15 is 0 Å². The summed E-state index contributed by atoms with van der Waals surface area (Å²) in [7, 11) is -0.409. The van der Waals surface area contributed by atoms with E-state index in [4.69, 9.17) is 0 Å². The van der Waals surface area contributed by atoms with Gasteiger partial charge in [-0.2, -0.15) is 4.31 Å². The summed E-state index contributed by atoms with van der Waals surface area (Å²) in [6.45, 7) is 2.39. The first-order chi connectivity index (χ1) is 14.2. The van der Waals surface area contributed by atoms with E-state index in [0.717, 1.165) is 19.3 Å². The summed E-state index contributed by atoms with van der Waals surface area (Å²) in [4.78, 5) is 26.7. The molecule has 1 saturated heterocycles. The minimum atomic E-state index is -3.68. The van der Waals surface area contributed by atoms with Crippen molar-refractivity contribution in [3.05, 3.63) is 59.7 Å². The van der Waals surface area contributed by atoms with Crippen molar-refractivity contribution in [3.63, 3.8) is 0 Å². The highest BCUT2D eigenvalue weighted by Gasteiger charge is 2.31. The van der Waals surface area contributed by atoms with Crippen molar-refractivity contribution in [2.45, 2.75) is 37.1 Å².